The van der Waals surface area contributed by atoms with Crippen LogP contribution in [0.1, 0.15) is 15.4 Å². The van der Waals surface area contributed by atoms with E-state index < -0.39 is 0 Å². The summed E-state index contributed by atoms with van der Waals surface area (Å²) in [6, 6.07) is 7.64. The van der Waals surface area contributed by atoms with Crippen molar-refractivity contribution in [1.82, 2.24) is 15.5 Å². The summed E-state index contributed by atoms with van der Waals surface area (Å²) in [5.41, 5.74) is 0.350. The average molecular weight is 318 g/mol. The van der Waals surface area contributed by atoms with Gasteiger partial charge in [0.15, 0.2) is 11.5 Å². The van der Waals surface area contributed by atoms with Crippen LogP contribution >= 0.6 is 11.3 Å². The molecule has 0 bridgehead atoms. The Balaban J connectivity index is 1.51. The predicted octanol–water partition coefficient (Wildman–Crippen LogP) is 1.35. The lowest BCUT2D eigenvalue weighted by Gasteiger charge is -2.27. The van der Waals surface area contributed by atoms with Crippen LogP contribution in [0.5, 0.6) is 0 Å². The van der Waals surface area contributed by atoms with Crippen molar-refractivity contribution in [2.75, 3.05) is 37.7 Å². The molecule has 1 aliphatic rings. The number of carbonyl (C=O) groups excluding carboxylic acids is 1. The lowest BCUT2D eigenvalue weighted by molar-refractivity contribution is 0.0948. The van der Waals surface area contributed by atoms with E-state index in [1.807, 2.05) is 17.5 Å². The third-order valence-electron chi connectivity index (χ3n) is 3.46. The van der Waals surface area contributed by atoms with E-state index in [1.54, 1.807) is 17.4 Å². The molecule has 0 radical (unpaired) electrons. The third kappa shape index (κ3) is 3.80. The maximum atomic E-state index is 12.0. The Morgan fingerprint density at radius 1 is 1.27 bits per heavy atom. The second-order valence-corrected chi connectivity index (χ2v) is 5.99. The molecule has 3 heterocycles. The quantitative estimate of drug-likeness (QED) is 0.901. The van der Waals surface area contributed by atoms with Crippen molar-refractivity contribution >= 4 is 23.1 Å². The molecule has 1 amide bonds. The molecule has 1 N–H and O–H groups in total. The number of rotatable bonds is 5. The van der Waals surface area contributed by atoms with Gasteiger partial charge in [0.25, 0.3) is 5.91 Å². The first-order valence-electron chi connectivity index (χ1n) is 7.30. The smallest absolute Gasteiger partial charge is 0.271 e. The summed E-state index contributed by atoms with van der Waals surface area (Å²) in [5.74, 6) is 0.607. The fourth-order valence-electron chi connectivity index (χ4n) is 2.25. The van der Waals surface area contributed by atoms with E-state index in [-0.39, 0.29) is 5.91 Å². The van der Waals surface area contributed by atoms with Gasteiger partial charge in [0.2, 0.25) is 0 Å². The zero-order chi connectivity index (χ0) is 15.2. The molecule has 0 aromatic carbocycles. The molecule has 0 atom stereocenters. The van der Waals surface area contributed by atoms with Gasteiger partial charge in [0, 0.05) is 24.5 Å². The lowest BCUT2D eigenvalue weighted by atomic mass is 10.3. The molecule has 0 unspecified atom stereocenters. The summed E-state index contributed by atoms with van der Waals surface area (Å²) in [6.07, 6.45) is 0.836. The molecule has 1 saturated heterocycles. The summed E-state index contributed by atoms with van der Waals surface area (Å²) in [7, 11) is 0. The van der Waals surface area contributed by atoms with Gasteiger partial charge in [-0.15, -0.1) is 21.5 Å². The van der Waals surface area contributed by atoms with Gasteiger partial charge in [-0.1, -0.05) is 6.07 Å². The van der Waals surface area contributed by atoms with Gasteiger partial charge < -0.3 is 15.0 Å². The second-order valence-electron chi connectivity index (χ2n) is 4.96. The predicted molar refractivity (Wildman–Crippen MR) is 85.4 cm³/mol. The van der Waals surface area contributed by atoms with Gasteiger partial charge in [0.1, 0.15) is 0 Å². The molecule has 22 heavy (non-hydrogen) atoms. The Hall–Kier alpha value is -1.99. The van der Waals surface area contributed by atoms with Gasteiger partial charge >= 0.3 is 0 Å². The molecule has 0 spiro atoms. The zero-order valence-corrected chi connectivity index (χ0v) is 13.0. The van der Waals surface area contributed by atoms with Gasteiger partial charge in [-0.3, -0.25) is 4.79 Å². The molecule has 0 aliphatic carbocycles. The van der Waals surface area contributed by atoms with Crippen LogP contribution in [0.25, 0.3) is 0 Å². The number of hydrogen-bond acceptors (Lipinski definition) is 6. The van der Waals surface area contributed by atoms with E-state index in [0.717, 1.165) is 25.3 Å². The van der Waals surface area contributed by atoms with Crippen LogP contribution in [0.4, 0.5) is 5.82 Å². The van der Waals surface area contributed by atoms with E-state index in [9.17, 15) is 4.79 Å². The molecule has 1 aliphatic heterocycles. The molecular formula is C15H18N4O2S. The largest absolute Gasteiger partial charge is 0.378 e. The van der Waals surface area contributed by atoms with Gasteiger partial charge in [0.05, 0.1) is 13.2 Å². The van der Waals surface area contributed by atoms with Crippen LogP contribution in [0.15, 0.2) is 29.6 Å². The number of ether oxygens (including phenoxy) is 1. The summed E-state index contributed by atoms with van der Waals surface area (Å²) < 4.78 is 5.30. The number of thiophene rings is 1. The molecule has 7 heteroatoms. The highest BCUT2D eigenvalue weighted by atomic mass is 32.1. The minimum atomic E-state index is -0.183. The average Bonchev–Trinajstić information content (AvgIpc) is 3.09. The number of hydrogen-bond donors (Lipinski definition) is 1. The molecule has 2 aromatic heterocycles. The van der Waals surface area contributed by atoms with E-state index in [0.29, 0.717) is 25.5 Å². The summed E-state index contributed by atoms with van der Waals surface area (Å²) in [5, 5.41) is 13.1. The first kappa shape index (κ1) is 14.9. The van der Waals surface area contributed by atoms with Gasteiger partial charge in [-0.25, -0.2) is 0 Å². The molecule has 116 valence electrons. The van der Waals surface area contributed by atoms with Gasteiger partial charge in [-0.2, -0.15) is 0 Å². The van der Waals surface area contributed by atoms with Crippen molar-refractivity contribution in [3.8, 4) is 0 Å². The number of nitrogens with one attached hydrogen (secondary N) is 1. The normalized spacial score (nSPS) is 14.8. The van der Waals surface area contributed by atoms with Crippen molar-refractivity contribution < 1.29 is 9.53 Å². The minimum Gasteiger partial charge on any atom is -0.378 e. The van der Waals surface area contributed by atoms with E-state index in [4.69, 9.17) is 4.74 Å². The first-order valence-corrected chi connectivity index (χ1v) is 8.18. The number of aromatic nitrogens is 2. The molecule has 2 aromatic rings. The minimum absolute atomic E-state index is 0.183. The fourth-order valence-corrected chi connectivity index (χ4v) is 2.96. The van der Waals surface area contributed by atoms with E-state index in [1.165, 1.54) is 4.88 Å². The van der Waals surface area contributed by atoms with Crippen LogP contribution in [0.2, 0.25) is 0 Å². The molecule has 0 saturated carbocycles. The summed E-state index contributed by atoms with van der Waals surface area (Å²) in [6.45, 7) is 3.62. The number of carbonyl (C=O) groups is 1. The zero-order valence-electron chi connectivity index (χ0n) is 12.2. The van der Waals surface area contributed by atoms with Crippen molar-refractivity contribution in [2.45, 2.75) is 6.42 Å². The topological polar surface area (TPSA) is 67.4 Å². The van der Waals surface area contributed by atoms with Crippen LogP contribution in [-0.4, -0.2) is 49.0 Å². The Bertz CT molecular complexity index is 595. The number of anilines is 1. The third-order valence-corrected chi connectivity index (χ3v) is 4.39. The van der Waals surface area contributed by atoms with Crippen LogP contribution in [-0.2, 0) is 11.2 Å². The van der Waals surface area contributed by atoms with Crippen molar-refractivity contribution in [1.29, 1.82) is 0 Å². The highest BCUT2D eigenvalue weighted by Crippen LogP contribution is 2.11. The maximum Gasteiger partial charge on any atom is 0.271 e. The second kappa shape index (κ2) is 7.33. The van der Waals surface area contributed by atoms with Crippen LogP contribution in [0, 0.1) is 0 Å². The standard InChI is InChI=1S/C15H18N4O2S/c20-15(16-6-5-12-2-1-11-22-12)13-3-4-14(18-17-13)19-7-9-21-10-8-19/h1-4,11H,5-10H2,(H,16,20). The molecule has 6 nitrogen and oxygen atoms in total. The lowest BCUT2D eigenvalue weighted by Crippen LogP contribution is -2.37. The Labute approximate surface area is 133 Å². The first-order chi connectivity index (χ1) is 10.8. The molecular weight excluding hydrogens is 300 g/mol. The monoisotopic (exact) mass is 318 g/mol. The van der Waals surface area contributed by atoms with Gasteiger partial charge in [-0.05, 0) is 30.0 Å². The van der Waals surface area contributed by atoms with Crippen LogP contribution in [0.3, 0.4) is 0 Å². The number of nitrogens with zero attached hydrogens (tertiary/aromatic N) is 3. The fraction of sp³-hybridized carbons (Fsp3) is 0.400. The Kier molecular flexibility index (Phi) is 4.97. The number of morpholine rings is 1. The highest BCUT2D eigenvalue weighted by molar-refractivity contribution is 7.09. The Morgan fingerprint density at radius 3 is 2.82 bits per heavy atom. The van der Waals surface area contributed by atoms with E-state index in [2.05, 4.69) is 26.5 Å². The maximum absolute atomic E-state index is 12.0. The van der Waals surface area contributed by atoms with Crippen LogP contribution < -0.4 is 10.2 Å². The van der Waals surface area contributed by atoms with E-state index >= 15 is 0 Å². The molecule has 1 fully saturated rings. The summed E-state index contributed by atoms with van der Waals surface area (Å²) >= 11 is 1.69. The Morgan fingerprint density at radius 2 is 2.14 bits per heavy atom. The number of amides is 1. The van der Waals surface area contributed by atoms with Crippen molar-refractivity contribution in [3.05, 3.63) is 40.2 Å². The van der Waals surface area contributed by atoms with Crippen molar-refractivity contribution in [3.63, 3.8) is 0 Å². The highest BCUT2D eigenvalue weighted by Gasteiger charge is 2.14. The molecule has 3 rings (SSSR count). The SMILES string of the molecule is O=C(NCCc1cccs1)c1ccc(N2CCOCC2)nn1. The summed E-state index contributed by atoms with van der Waals surface area (Å²) in [4.78, 5) is 15.4. The van der Waals surface area contributed by atoms with Crippen molar-refractivity contribution in [2.24, 2.45) is 0 Å².